The summed E-state index contributed by atoms with van der Waals surface area (Å²) in [6.07, 6.45) is 3.54. The van der Waals surface area contributed by atoms with Gasteiger partial charge in [0.2, 0.25) is 10.0 Å². The van der Waals surface area contributed by atoms with Crippen LogP contribution < -0.4 is 4.72 Å². The van der Waals surface area contributed by atoms with Crippen LogP contribution in [-0.2, 0) is 14.8 Å². The molecule has 6 nitrogen and oxygen atoms in total. The normalized spacial score (nSPS) is 13.2. The van der Waals surface area contributed by atoms with Crippen LogP contribution in [0.2, 0.25) is 0 Å². The molecule has 0 saturated heterocycles. The molecule has 2 aromatic rings. The minimum atomic E-state index is -3.36. The Balaban J connectivity index is 2.13. The summed E-state index contributed by atoms with van der Waals surface area (Å²) in [5, 5.41) is 4.16. The predicted molar refractivity (Wildman–Crippen MR) is 80.8 cm³/mol. The predicted octanol–water partition coefficient (Wildman–Crippen LogP) is 1.50. The minimum Gasteiger partial charge on any atom is -0.384 e. The zero-order chi connectivity index (χ0) is 15.3. The van der Waals surface area contributed by atoms with Crippen molar-refractivity contribution in [2.75, 3.05) is 19.5 Å². The molecule has 0 aliphatic heterocycles. The van der Waals surface area contributed by atoms with Gasteiger partial charge in [-0.2, -0.15) is 5.10 Å². The number of ether oxygens (including phenoxy) is 1. The number of hydrogen-bond acceptors (Lipinski definition) is 4. The van der Waals surface area contributed by atoms with Gasteiger partial charge < -0.3 is 4.74 Å². The molecule has 0 fully saturated rings. The fourth-order valence-corrected chi connectivity index (χ4v) is 3.13. The maximum atomic E-state index is 11.9. The lowest BCUT2D eigenvalue weighted by Crippen LogP contribution is -2.30. The van der Waals surface area contributed by atoms with Crippen molar-refractivity contribution in [2.45, 2.75) is 13.0 Å². The monoisotopic (exact) mass is 309 g/mol. The first kappa shape index (κ1) is 15.7. The van der Waals surface area contributed by atoms with Crippen molar-refractivity contribution in [3.05, 3.63) is 48.3 Å². The van der Waals surface area contributed by atoms with Gasteiger partial charge in [0.05, 0.1) is 18.0 Å². The summed E-state index contributed by atoms with van der Waals surface area (Å²) in [7, 11) is -1.88. The third-order valence-electron chi connectivity index (χ3n) is 3.05. The minimum absolute atomic E-state index is 0.0489. The highest BCUT2D eigenvalue weighted by molar-refractivity contribution is 7.89. The number of nitrogens with one attached hydrogen (secondary N) is 1. The lowest BCUT2D eigenvalue weighted by atomic mass is 10.1. The first-order chi connectivity index (χ1) is 10.0. The average molecular weight is 309 g/mol. The maximum absolute atomic E-state index is 11.9. The Morgan fingerprint density at radius 3 is 2.86 bits per heavy atom. The molecule has 1 atom stereocenters. The molecule has 21 heavy (non-hydrogen) atoms. The number of methoxy groups -OCH3 is 1. The average Bonchev–Trinajstić information content (AvgIpc) is 2.99. The van der Waals surface area contributed by atoms with E-state index in [0.717, 1.165) is 11.3 Å². The van der Waals surface area contributed by atoms with Gasteiger partial charge in [-0.25, -0.2) is 17.8 Å². The van der Waals surface area contributed by atoms with E-state index in [1.54, 1.807) is 10.9 Å². The van der Waals surface area contributed by atoms with Crippen LogP contribution in [0.5, 0.6) is 0 Å². The molecule has 0 bridgehead atoms. The number of sulfonamides is 1. The summed E-state index contributed by atoms with van der Waals surface area (Å²) in [5.74, 6) is -0.0489. The van der Waals surface area contributed by atoms with Crippen LogP contribution in [0, 0.1) is 0 Å². The van der Waals surface area contributed by atoms with Gasteiger partial charge in [-0.3, -0.25) is 0 Å². The number of rotatable bonds is 7. The van der Waals surface area contributed by atoms with E-state index in [2.05, 4.69) is 9.82 Å². The van der Waals surface area contributed by atoms with Crippen LogP contribution in [0.3, 0.4) is 0 Å². The van der Waals surface area contributed by atoms with Gasteiger partial charge >= 0.3 is 0 Å². The second-order valence-corrected chi connectivity index (χ2v) is 6.57. The fraction of sp³-hybridized carbons (Fsp3) is 0.357. The van der Waals surface area contributed by atoms with E-state index < -0.39 is 10.0 Å². The molecule has 114 valence electrons. The molecule has 0 spiro atoms. The molecular weight excluding hydrogens is 290 g/mol. The van der Waals surface area contributed by atoms with E-state index in [9.17, 15) is 8.42 Å². The second kappa shape index (κ2) is 6.84. The first-order valence-electron chi connectivity index (χ1n) is 6.61. The number of aromatic nitrogens is 2. The molecule has 0 aliphatic carbocycles. The van der Waals surface area contributed by atoms with Gasteiger partial charge in [0.1, 0.15) is 0 Å². The van der Waals surface area contributed by atoms with E-state index >= 15 is 0 Å². The summed E-state index contributed by atoms with van der Waals surface area (Å²) < 4.78 is 32.9. The number of benzene rings is 1. The lowest BCUT2D eigenvalue weighted by molar-refractivity contribution is 0.216. The molecule has 0 radical (unpaired) electrons. The SMILES string of the molecule is COCCS(=O)(=O)N[C@@H](C)c1cccc(-n2cccn2)c1. The highest BCUT2D eigenvalue weighted by Gasteiger charge is 2.16. The molecule has 0 saturated carbocycles. The van der Waals surface area contributed by atoms with Gasteiger partial charge in [0.15, 0.2) is 0 Å². The van der Waals surface area contributed by atoms with Crippen LogP contribution in [0.25, 0.3) is 5.69 Å². The summed E-state index contributed by atoms with van der Waals surface area (Å²) in [6, 6.07) is 9.12. The Bertz CT molecular complexity index is 669. The summed E-state index contributed by atoms with van der Waals surface area (Å²) in [6.45, 7) is 1.99. The van der Waals surface area contributed by atoms with Crippen molar-refractivity contribution >= 4 is 10.0 Å². The van der Waals surface area contributed by atoms with Gasteiger partial charge in [-0.1, -0.05) is 12.1 Å². The molecule has 0 aliphatic rings. The van der Waals surface area contributed by atoms with Crippen molar-refractivity contribution in [3.8, 4) is 5.69 Å². The van der Waals surface area contributed by atoms with E-state index in [4.69, 9.17) is 4.74 Å². The molecule has 0 unspecified atom stereocenters. The van der Waals surface area contributed by atoms with Crippen molar-refractivity contribution in [1.29, 1.82) is 0 Å². The Morgan fingerprint density at radius 1 is 1.38 bits per heavy atom. The third kappa shape index (κ3) is 4.38. The summed E-state index contributed by atoms with van der Waals surface area (Å²) in [5.41, 5.74) is 1.77. The Morgan fingerprint density at radius 2 is 2.19 bits per heavy atom. The molecule has 1 heterocycles. The van der Waals surface area contributed by atoms with Crippen molar-refractivity contribution in [3.63, 3.8) is 0 Å². The Labute approximate surface area is 124 Å². The molecule has 0 amide bonds. The van der Waals surface area contributed by atoms with Crippen LogP contribution in [0.1, 0.15) is 18.5 Å². The quantitative estimate of drug-likeness (QED) is 0.841. The molecule has 1 aromatic carbocycles. The number of nitrogens with zero attached hydrogens (tertiary/aromatic N) is 2. The van der Waals surface area contributed by atoms with Crippen LogP contribution in [-0.4, -0.2) is 37.7 Å². The van der Waals surface area contributed by atoms with Crippen LogP contribution in [0.15, 0.2) is 42.7 Å². The van der Waals surface area contributed by atoms with Gasteiger partial charge in [0, 0.05) is 25.5 Å². The zero-order valence-corrected chi connectivity index (χ0v) is 12.9. The third-order valence-corrected chi connectivity index (χ3v) is 4.47. The Hall–Kier alpha value is -1.70. The summed E-state index contributed by atoms with van der Waals surface area (Å²) >= 11 is 0. The van der Waals surface area contributed by atoms with Crippen molar-refractivity contribution < 1.29 is 13.2 Å². The second-order valence-electron chi connectivity index (χ2n) is 4.70. The zero-order valence-electron chi connectivity index (χ0n) is 12.1. The Kier molecular flexibility index (Phi) is 5.11. The fourth-order valence-electron chi connectivity index (χ4n) is 1.95. The maximum Gasteiger partial charge on any atom is 0.214 e. The van der Waals surface area contributed by atoms with E-state index in [1.807, 2.05) is 43.5 Å². The smallest absolute Gasteiger partial charge is 0.214 e. The van der Waals surface area contributed by atoms with E-state index in [-0.39, 0.29) is 18.4 Å². The molecule has 2 rings (SSSR count). The number of hydrogen-bond donors (Lipinski definition) is 1. The molecule has 1 N–H and O–H groups in total. The van der Waals surface area contributed by atoms with Crippen LogP contribution in [0.4, 0.5) is 0 Å². The summed E-state index contributed by atoms with van der Waals surface area (Å²) in [4.78, 5) is 0. The highest BCUT2D eigenvalue weighted by atomic mass is 32.2. The largest absolute Gasteiger partial charge is 0.384 e. The molecule has 1 aromatic heterocycles. The van der Waals surface area contributed by atoms with Crippen molar-refractivity contribution in [1.82, 2.24) is 14.5 Å². The first-order valence-corrected chi connectivity index (χ1v) is 8.26. The van der Waals surface area contributed by atoms with Gasteiger partial charge in [-0.15, -0.1) is 0 Å². The highest BCUT2D eigenvalue weighted by Crippen LogP contribution is 2.17. The molecule has 7 heteroatoms. The standard InChI is InChI=1S/C14H19N3O3S/c1-12(16-21(18,19)10-9-20-2)13-5-3-6-14(11-13)17-8-4-7-15-17/h3-8,11-12,16H,9-10H2,1-2H3/t12-/m0/s1. The lowest BCUT2D eigenvalue weighted by Gasteiger charge is -2.15. The van der Waals surface area contributed by atoms with E-state index in [1.165, 1.54) is 7.11 Å². The van der Waals surface area contributed by atoms with Gasteiger partial charge in [-0.05, 0) is 30.7 Å². The van der Waals surface area contributed by atoms with Crippen LogP contribution >= 0.6 is 0 Å². The van der Waals surface area contributed by atoms with Gasteiger partial charge in [0.25, 0.3) is 0 Å². The topological polar surface area (TPSA) is 73.2 Å². The molecular formula is C14H19N3O3S. The van der Waals surface area contributed by atoms with Crippen molar-refractivity contribution in [2.24, 2.45) is 0 Å². The van der Waals surface area contributed by atoms with E-state index in [0.29, 0.717) is 0 Å².